The lowest BCUT2D eigenvalue weighted by atomic mass is 10.0. The average Bonchev–Trinajstić information content (AvgIpc) is 2.78. The molecule has 2 rings (SSSR count). The number of piperazine rings is 1. The summed E-state index contributed by atoms with van der Waals surface area (Å²) in [5.74, 6) is 0.695. The molecular weight excluding hydrogens is 224 g/mol. The highest BCUT2D eigenvalue weighted by molar-refractivity contribution is 5.00. The van der Waals surface area contributed by atoms with Gasteiger partial charge in [0, 0.05) is 44.5 Å². The number of rotatable bonds is 4. The van der Waals surface area contributed by atoms with Gasteiger partial charge in [0.05, 0.1) is 5.69 Å². The lowest BCUT2D eigenvalue weighted by Gasteiger charge is -2.35. The Labute approximate surface area is 110 Å². The van der Waals surface area contributed by atoms with Gasteiger partial charge in [0.2, 0.25) is 0 Å². The maximum Gasteiger partial charge on any atom is 0.0764 e. The van der Waals surface area contributed by atoms with Crippen molar-refractivity contribution in [3.8, 4) is 0 Å². The molecule has 0 amide bonds. The molecule has 0 saturated carbocycles. The summed E-state index contributed by atoms with van der Waals surface area (Å²) in [4.78, 5) is 2.51. The Balaban J connectivity index is 1.92. The van der Waals surface area contributed by atoms with Gasteiger partial charge >= 0.3 is 0 Å². The number of nitrogens with zero attached hydrogens (tertiary/aromatic N) is 3. The van der Waals surface area contributed by atoms with Crippen LogP contribution in [0.4, 0.5) is 0 Å². The predicted octanol–water partition coefficient (Wildman–Crippen LogP) is 1.89. The van der Waals surface area contributed by atoms with E-state index in [-0.39, 0.29) is 0 Å². The van der Waals surface area contributed by atoms with E-state index in [1.165, 1.54) is 5.69 Å². The number of aromatic nitrogens is 2. The van der Waals surface area contributed by atoms with Gasteiger partial charge in [0.1, 0.15) is 0 Å². The van der Waals surface area contributed by atoms with Gasteiger partial charge in [-0.25, -0.2) is 0 Å². The van der Waals surface area contributed by atoms with Gasteiger partial charge in [0.15, 0.2) is 0 Å². The SMILES string of the molecule is CC(C)C1CN(Cc2ccn(C(C)C)n2)CCN1. The molecule has 1 saturated heterocycles. The third kappa shape index (κ3) is 3.33. The zero-order chi connectivity index (χ0) is 13.1. The Kier molecular flexibility index (Phi) is 4.40. The molecule has 1 unspecified atom stereocenters. The number of nitrogens with one attached hydrogen (secondary N) is 1. The van der Waals surface area contributed by atoms with E-state index in [1.54, 1.807) is 0 Å². The summed E-state index contributed by atoms with van der Waals surface area (Å²) in [7, 11) is 0. The van der Waals surface area contributed by atoms with E-state index in [2.05, 4.69) is 55.3 Å². The molecule has 1 aromatic heterocycles. The van der Waals surface area contributed by atoms with Gasteiger partial charge in [0.25, 0.3) is 0 Å². The van der Waals surface area contributed by atoms with Crippen molar-refractivity contribution in [3.63, 3.8) is 0 Å². The van der Waals surface area contributed by atoms with Gasteiger partial charge in [-0.1, -0.05) is 13.8 Å². The van der Waals surface area contributed by atoms with E-state index in [0.29, 0.717) is 18.0 Å². The fourth-order valence-corrected chi connectivity index (χ4v) is 2.41. The fraction of sp³-hybridized carbons (Fsp3) is 0.786. The smallest absolute Gasteiger partial charge is 0.0764 e. The first-order valence-electron chi connectivity index (χ1n) is 7.06. The van der Waals surface area contributed by atoms with Crippen molar-refractivity contribution in [1.29, 1.82) is 0 Å². The van der Waals surface area contributed by atoms with Crippen LogP contribution < -0.4 is 5.32 Å². The minimum atomic E-state index is 0.449. The maximum atomic E-state index is 4.63. The van der Waals surface area contributed by atoms with E-state index in [4.69, 9.17) is 0 Å². The minimum absolute atomic E-state index is 0.449. The summed E-state index contributed by atoms with van der Waals surface area (Å²) in [6.07, 6.45) is 2.09. The van der Waals surface area contributed by atoms with Crippen LogP contribution in [0.5, 0.6) is 0 Å². The van der Waals surface area contributed by atoms with E-state index in [0.717, 1.165) is 26.2 Å². The highest BCUT2D eigenvalue weighted by Crippen LogP contribution is 2.12. The molecule has 1 fully saturated rings. The predicted molar refractivity (Wildman–Crippen MR) is 74.5 cm³/mol. The topological polar surface area (TPSA) is 33.1 Å². The molecule has 1 atom stereocenters. The van der Waals surface area contributed by atoms with Crippen LogP contribution >= 0.6 is 0 Å². The van der Waals surface area contributed by atoms with Crippen molar-refractivity contribution >= 4 is 0 Å². The van der Waals surface area contributed by atoms with Gasteiger partial charge in [-0.05, 0) is 25.8 Å². The van der Waals surface area contributed by atoms with Crippen LogP contribution in [0.3, 0.4) is 0 Å². The zero-order valence-corrected chi connectivity index (χ0v) is 12.1. The summed E-state index contributed by atoms with van der Waals surface area (Å²) >= 11 is 0. The summed E-state index contributed by atoms with van der Waals surface area (Å²) < 4.78 is 2.04. The molecule has 1 aliphatic rings. The molecule has 0 spiro atoms. The van der Waals surface area contributed by atoms with Gasteiger partial charge in [-0.3, -0.25) is 9.58 Å². The van der Waals surface area contributed by atoms with Crippen molar-refractivity contribution in [3.05, 3.63) is 18.0 Å². The van der Waals surface area contributed by atoms with Crippen LogP contribution in [0.15, 0.2) is 12.3 Å². The number of hydrogen-bond acceptors (Lipinski definition) is 3. The van der Waals surface area contributed by atoms with Crippen molar-refractivity contribution in [1.82, 2.24) is 20.0 Å². The quantitative estimate of drug-likeness (QED) is 0.886. The van der Waals surface area contributed by atoms with Crippen LogP contribution in [-0.2, 0) is 6.54 Å². The van der Waals surface area contributed by atoms with Crippen LogP contribution in [0.2, 0.25) is 0 Å². The normalized spacial score (nSPS) is 22.0. The lowest BCUT2D eigenvalue weighted by molar-refractivity contribution is 0.166. The fourth-order valence-electron chi connectivity index (χ4n) is 2.41. The van der Waals surface area contributed by atoms with E-state index in [9.17, 15) is 0 Å². The third-order valence-corrected chi connectivity index (χ3v) is 3.67. The Morgan fingerprint density at radius 2 is 2.17 bits per heavy atom. The van der Waals surface area contributed by atoms with E-state index in [1.807, 2.05) is 4.68 Å². The Hall–Kier alpha value is -0.870. The minimum Gasteiger partial charge on any atom is -0.311 e. The maximum absolute atomic E-state index is 4.63. The van der Waals surface area contributed by atoms with Gasteiger partial charge in [-0.15, -0.1) is 0 Å². The molecular formula is C14H26N4. The highest BCUT2D eigenvalue weighted by Gasteiger charge is 2.22. The van der Waals surface area contributed by atoms with Crippen LogP contribution in [-0.4, -0.2) is 40.4 Å². The first kappa shape index (κ1) is 13.6. The molecule has 1 aromatic rings. The third-order valence-electron chi connectivity index (χ3n) is 3.67. The Morgan fingerprint density at radius 1 is 1.39 bits per heavy atom. The molecule has 18 heavy (non-hydrogen) atoms. The van der Waals surface area contributed by atoms with Crippen molar-refractivity contribution in [2.75, 3.05) is 19.6 Å². The first-order chi connectivity index (χ1) is 8.56. The van der Waals surface area contributed by atoms with Crippen molar-refractivity contribution in [2.45, 2.75) is 46.3 Å². The summed E-state index contributed by atoms with van der Waals surface area (Å²) in [5, 5.41) is 8.22. The molecule has 0 aromatic carbocycles. The van der Waals surface area contributed by atoms with Gasteiger partial charge in [-0.2, -0.15) is 5.10 Å². The Morgan fingerprint density at radius 3 is 2.78 bits per heavy atom. The monoisotopic (exact) mass is 250 g/mol. The summed E-state index contributed by atoms with van der Waals surface area (Å²) in [6, 6.07) is 3.21. The van der Waals surface area contributed by atoms with Crippen LogP contribution in [0.25, 0.3) is 0 Å². The molecule has 0 aliphatic carbocycles. The molecule has 102 valence electrons. The number of hydrogen-bond donors (Lipinski definition) is 1. The molecule has 2 heterocycles. The van der Waals surface area contributed by atoms with Gasteiger partial charge < -0.3 is 5.32 Å². The second-order valence-corrected chi connectivity index (χ2v) is 5.92. The molecule has 4 nitrogen and oxygen atoms in total. The van der Waals surface area contributed by atoms with E-state index < -0.39 is 0 Å². The Bertz CT molecular complexity index is 370. The second kappa shape index (κ2) is 5.85. The molecule has 4 heteroatoms. The molecule has 1 N–H and O–H groups in total. The molecule has 0 radical (unpaired) electrons. The first-order valence-corrected chi connectivity index (χ1v) is 7.06. The zero-order valence-electron chi connectivity index (χ0n) is 12.1. The average molecular weight is 250 g/mol. The van der Waals surface area contributed by atoms with Crippen molar-refractivity contribution in [2.24, 2.45) is 5.92 Å². The van der Waals surface area contributed by atoms with Crippen LogP contribution in [0.1, 0.15) is 39.4 Å². The lowest BCUT2D eigenvalue weighted by Crippen LogP contribution is -2.52. The second-order valence-electron chi connectivity index (χ2n) is 5.92. The molecule has 0 bridgehead atoms. The van der Waals surface area contributed by atoms with Crippen LogP contribution in [0, 0.1) is 5.92 Å². The standard InChI is InChI=1S/C14H26N4/c1-11(2)14-10-17(8-6-15-14)9-13-5-7-18(16-13)12(3)4/h5,7,11-12,14-15H,6,8-10H2,1-4H3. The summed E-state index contributed by atoms with van der Waals surface area (Å²) in [5.41, 5.74) is 1.19. The molecule has 1 aliphatic heterocycles. The van der Waals surface area contributed by atoms with E-state index >= 15 is 0 Å². The largest absolute Gasteiger partial charge is 0.311 e. The summed E-state index contributed by atoms with van der Waals surface area (Å²) in [6.45, 7) is 13.2. The highest BCUT2D eigenvalue weighted by atomic mass is 15.3. The van der Waals surface area contributed by atoms with Crippen molar-refractivity contribution < 1.29 is 0 Å².